The van der Waals surface area contributed by atoms with Gasteiger partial charge in [0.15, 0.2) is 11.7 Å². The highest BCUT2D eigenvalue weighted by Gasteiger charge is 2.34. The lowest BCUT2D eigenvalue weighted by molar-refractivity contribution is 0.449. The number of nitrogens with one attached hydrogen (secondary N) is 1. The molecule has 0 amide bonds. The Morgan fingerprint density at radius 1 is 1.50 bits per heavy atom. The van der Waals surface area contributed by atoms with Crippen LogP contribution in [0.1, 0.15) is 18.0 Å². The molecule has 0 spiro atoms. The van der Waals surface area contributed by atoms with Crippen molar-refractivity contribution < 1.29 is 0 Å². The number of nitrogens with zero attached hydrogens (tertiary/aromatic N) is 6. The van der Waals surface area contributed by atoms with Gasteiger partial charge in [-0.1, -0.05) is 0 Å². The summed E-state index contributed by atoms with van der Waals surface area (Å²) >= 11 is 1.36. The van der Waals surface area contributed by atoms with E-state index < -0.39 is 0 Å². The Labute approximate surface area is 143 Å². The summed E-state index contributed by atoms with van der Waals surface area (Å²) in [6, 6.07) is 2.02. The normalized spacial score (nSPS) is 21.5. The van der Waals surface area contributed by atoms with Gasteiger partial charge in [-0.15, -0.1) is 0 Å². The van der Waals surface area contributed by atoms with Gasteiger partial charge in [0.25, 0.3) is 0 Å². The lowest BCUT2D eigenvalue weighted by Gasteiger charge is -2.30. The van der Waals surface area contributed by atoms with Crippen LogP contribution in [-0.4, -0.2) is 43.8 Å². The first kappa shape index (κ1) is 15.0. The van der Waals surface area contributed by atoms with Crippen LogP contribution in [-0.2, 0) is 7.05 Å². The lowest BCUT2D eigenvalue weighted by Crippen LogP contribution is -2.44. The minimum Gasteiger partial charge on any atom is -0.339 e. The SMILES string of the molecule is Cn1cc(C2CN=C3/C(=N\c4ccns4)NC(CCN)=CN32)cn1. The fraction of sp³-hybridized carbons (Fsp3) is 0.333. The van der Waals surface area contributed by atoms with Gasteiger partial charge in [-0.25, -0.2) is 4.99 Å². The van der Waals surface area contributed by atoms with Gasteiger partial charge in [0, 0.05) is 43.3 Å². The number of hydrogen-bond acceptors (Lipinski definition) is 7. The number of aliphatic imine (C=N–C) groups is 2. The number of amidine groups is 2. The molecule has 124 valence electrons. The van der Waals surface area contributed by atoms with Crippen LogP contribution in [0.2, 0.25) is 0 Å². The average Bonchev–Trinajstić information content (AvgIpc) is 3.28. The molecule has 2 aromatic heterocycles. The fourth-order valence-electron chi connectivity index (χ4n) is 2.86. The van der Waals surface area contributed by atoms with Crippen LogP contribution in [0, 0.1) is 0 Å². The Morgan fingerprint density at radius 2 is 2.42 bits per heavy atom. The van der Waals surface area contributed by atoms with Crippen LogP contribution in [0.3, 0.4) is 0 Å². The molecule has 1 atom stereocenters. The smallest absolute Gasteiger partial charge is 0.175 e. The second-order valence-electron chi connectivity index (χ2n) is 5.66. The Hall–Kier alpha value is -2.52. The molecule has 24 heavy (non-hydrogen) atoms. The predicted octanol–water partition coefficient (Wildman–Crippen LogP) is 1.16. The van der Waals surface area contributed by atoms with Gasteiger partial charge in [0.1, 0.15) is 5.00 Å². The molecule has 0 saturated carbocycles. The highest BCUT2D eigenvalue weighted by atomic mass is 32.1. The highest BCUT2D eigenvalue weighted by molar-refractivity contribution is 7.09. The summed E-state index contributed by atoms with van der Waals surface area (Å²) in [4.78, 5) is 11.5. The van der Waals surface area contributed by atoms with Crippen molar-refractivity contribution in [3.8, 4) is 0 Å². The maximum Gasteiger partial charge on any atom is 0.175 e. The third kappa shape index (κ3) is 2.72. The Kier molecular flexibility index (Phi) is 3.87. The fourth-order valence-corrected chi connectivity index (χ4v) is 3.35. The van der Waals surface area contributed by atoms with Gasteiger partial charge in [0.05, 0.1) is 18.8 Å². The summed E-state index contributed by atoms with van der Waals surface area (Å²) in [6.45, 7) is 1.25. The molecule has 0 bridgehead atoms. The molecule has 0 radical (unpaired) electrons. The number of nitrogens with two attached hydrogens (primary N) is 1. The van der Waals surface area contributed by atoms with E-state index in [1.165, 1.54) is 11.5 Å². The molecule has 0 fully saturated rings. The minimum atomic E-state index is 0.134. The quantitative estimate of drug-likeness (QED) is 0.869. The summed E-state index contributed by atoms with van der Waals surface area (Å²) in [5, 5.41) is 8.48. The van der Waals surface area contributed by atoms with E-state index in [1.807, 2.05) is 30.2 Å². The number of rotatable bonds is 4. The molecule has 3 N–H and O–H groups in total. The van der Waals surface area contributed by atoms with Crippen LogP contribution in [0.25, 0.3) is 0 Å². The third-order valence-corrected chi connectivity index (χ3v) is 4.59. The van der Waals surface area contributed by atoms with Gasteiger partial charge in [-0.2, -0.15) is 9.47 Å². The zero-order valence-corrected chi connectivity index (χ0v) is 14.1. The zero-order valence-electron chi connectivity index (χ0n) is 13.3. The molecule has 0 aromatic carbocycles. The van der Waals surface area contributed by atoms with E-state index in [0.29, 0.717) is 13.1 Å². The lowest BCUT2D eigenvalue weighted by atomic mass is 10.1. The Bertz CT molecular complexity index is 816. The first-order chi connectivity index (χ1) is 11.7. The molecular weight excluding hydrogens is 324 g/mol. The summed E-state index contributed by atoms with van der Waals surface area (Å²) < 4.78 is 5.91. The van der Waals surface area contributed by atoms with Crippen molar-refractivity contribution in [2.45, 2.75) is 12.5 Å². The van der Waals surface area contributed by atoms with Crippen LogP contribution in [0.4, 0.5) is 5.00 Å². The topological polar surface area (TPSA) is 96.7 Å². The Morgan fingerprint density at radius 3 is 3.12 bits per heavy atom. The third-order valence-electron chi connectivity index (χ3n) is 3.95. The molecule has 4 heterocycles. The molecule has 1 unspecified atom stereocenters. The van der Waals surface area contributed by atoms with Gasteiger partial charge in [0.2, 0.25) is 0 Å². The van der Waals surface area contributed by atoms with Crippen LogP contribution < -0.4 is 11.1 Å². The summed E-state index contributed by atoms with van der Waals surface area (Å²) in [7, 11) is 1.92. The summed E-state index contributed by atoms with van der Waals surface area (Å²) in [5.41, 5.74) is 7.91. The molecule has 8 nitrogen and oxygen atoms in total. The Balaban J connectivity index is 1.70. The van der Waals surface area contributed by atoms with Gasteiger partial charge in [-0.3, -0.25) is 9.67 Å². The number of fused-ring (bicyclic) bond motifs is 1. The standard InChI is InChI=1S/C15H18N8S/c1-22-8-10(6-18-22)12-7-17-15-14(21-13-3-5-19-24-13)20-11(2-4-16)9-23(12)15/h3,5-6,8-9,12H,2,4,7,16H2,1H3,(H,20,21). The van der Waals surface area contributed by atoms with Crippen molar-refractivity contribution >= 4 is 28.2 Å². The van der Waals surface area contributed by atoms with E-state index in [2.05, 4.69) is 30.9 Å². The van der Waals surface area contributed by atoms with E-state index in [-0.39, 0.29) is 6.04 Å². The van der Waals surface area contributed by atoms with E-state index in [4.69, 9.17) is 10.7 Å². The average molecular weight is 342 g/mol. The van der Waals surface area contributed by atoms with Crippen molar-refractivity contribution in [2.24, 2.45) is 22.8 Å². The molecule has 9 heteroatoms. The van der Waals surface area contributed by atoms with Gasteiger partial charge < -0.3 is 16.0 Å². The summed E-state index contributed by atoms with van der Waals surface area (Å²) in [5.74, 6) is 1.59. The monoisotopic (exact) mass is 342 g/mol. The molecule has 0 aliphatic carbocycles. The second kappa shape index (κ2) is 6.17. The molecule has 2 aromatic rings. The number of hydrogen-bond donors (Lipinski definition) is 2. The van der Waals surface area contributed by atoms with E-state index in [9.17, 15) is 0 Å². The van der Waals surface area contributed by atoms with E-state index in [1.54, 1.807) is 6.20 Å². The summed E-state index contributed by atoms with van der Waals surface area (Å²) in [6.07, 6.45) is 8.51. The molecule has 2 aliphatic rings. The van der Waals surface area contributed by atoms with E-state index in [0.717, 1.165) is 34.4 Å². The van der Waals surface area contributed by atoms with E-state index >= 15 is 0 Å². The van der Waals surface area contributed by atoms with Crippen molar-refractivity contribution in [1.82, 2.24) is 24.4 Å². The van der Waals surface area contributed by atoms with Crippen molar-refractivity contribution in [1.29, 1.82) is 0 Å². The van der Waals surface area contributed by atoms with Gasteiger partial charge in [-0.05, 0) is 24.1 Å². The van der Waals surface area contributed by atoms with Crippen LogP contribution in [0.15, 0.2) is 46.5 Å². The highest BCUT2D eigenvalue weighted by Crippen LogP contribution is 2.30. The predicted molar refractivity (Wildman–Crippen MR) is 94.2 cm³/mol. The maximum absolute atomic E-state index is 5.74. The van der Waals surface area contributed by atoms with Gasteiger partial charge >= 0.3 is 0 Å². The second-order valence-corrected chi connectivity index (χ2v) is 6.48. The molecule has 4 rings (SSSR count). The number of aromatic nitrogens is 3. The minimum absolute atomic E-state index is 0.134. The zero-order chi connectivity index (χ0) is 16.5. The molecule has 2 aliphatic heterocycles. The maximum atomic E-state index is 5.74. The largest absolute Gasteiger partial charge is 0.339 e. The van der Waals surface area contributed by atoms with Crippen LogP contribution in [0.5, 0.6) is 0 Å². The first-order valence-corrected chi connectivity index (χ1v) is 8.51. The van der Waals surface area contributed by atoms with Crippen molar-refractivity contribution in [3.63, 3.8) is 0 Å². The van der Waals surface area contributed by atoms with Crippen LogP contribution >= 0.6 is 11.5 Å². The van der Waals surface area contributed by atoms with Crippen molar-refractivity contribution in [3.05, 3.63) is 42.1 Å². The first-order valence-electron chi connectivity index (χ1n) is 7.73. The number of aryl methyl sites for hydroxylation is 1. The molecule has 0 saturated heterocycles. The van der Waals surface area contributed by atoms with Crippen molar-refractivity contribution in [2.75, 3.05) is 13.1 Å². The molecular formula is C15H18N8S.